The van der Waals surface area contributed by atoms with Crippen molar-refractivity contribution in [1.82, 2.24) is 0 Å². The molecule has 8 aromatic rings. The second kappa shape index (κ2) is 14.8. The molecule has 0 aliphatic rings. The van der Waals surface area contributed by atoms with Crippen LogP contribution in [0.2, 0.25) is 0 Å². The molecule has 0 spiro atoms. The van der Waals surface area contributed by atoms with E-state index < -0.39 is 0 Å². The summed E-state index contributed by atoms with van der Waals surface area (Å²) in [5.74, 6) is 0. The molecule has 0 aliphatic carbocycles. The molecule has 0 saturated carbocycles. The summed E-state index contributed by atoms with van der Waals surface area (Å²) in [5.41, 5.74) is 11.4. The van der Waals surface area contributed by atoms with Crippen molar-refractivity contribution < 1.29 is 26.2 Å². The maximum Gasteiger partial charge on any atom is 2.00 e. The normalized spacial score (nSPS) is 12.6. The smallest absolute Gasteiger partial charge is 0.145 e. The van der Waals surface area contributed by atoms with E-state index >= 15 is 0 Å². The Balaban J connectivity index is 0.000000184. The molecule has 8 aromatic carbocycles. The van der Waals surface area contributed by atoms with Crippen LogP contribution in [0.25, 0.3) is 65.3 Å². The molecule has 0 radical (unpaired) electrons. The van der Waals surface area contributed by atoms with Gasteiger partial charge in [-0.05, 0) is 54.7 Å². The first kappa shape index (κ1) is 40.6. The molecule has 1 heteroatoms. The van der Waals surface area contributed by atoms with E-state index in [4.69, 9.17) is 0 Å². The molecule has 0 aliphatic heterocycles. The molecule has 0 bridgehead atoms. The minimum atomic E-state index is 0. The van der Waals surface area contributed by atoms with Crippen LogP contribution in [0.1, 0.15) is 105 Å². The fourth-order valence-electron chi connectivity index (χ4n) is 7.46. The summed E-state index contributed by atoms with van der Waals surface area (Å²) in [6, 6.07) is 50.1. The van der Waals surface area contributed by atoms with E-state index in [9.17, 15) is 0 Å². The molecule has 0 amide bonds. The minimum absolute atomic E-state index is 0. The van der Waals surface area contributed by atoms with Crippen LogP contribution >= 0.6 is 0 Å². The van der Waals surface area contributed by atoms with E-state index in [2.05, 4.69) is 217 Å². The molecule has 0 atom stereocenters. The maximum absolute atomic E-state index is 2.39. The number of rotatable bonds is 2. The quantitative estimate of drug-likeness (QED) is 0.153. The average Bonchev–Trinajstić information content (AvgIpc) is 3.71. The Labute approximate surface area is 349 Å². The van der Waals surface area contributed by atoms with Gasteiger partial charge < -0.3 is 0 Å². The van der Waals surface area contributed by atoms with Gasteiger partial charge in [-0.25, -0.2) is 0 Å². The van der Waals surface area contributed by atoms with Crippen molar-refractivity contribution in [3.8, 4) is 22.3 Å². The molecule has 0 fully saturated rings. The summed E-state index contributed by atoms with van der Waals surface area (Å²) in [5, 5.41) is 10.5. The van der Waals surface area contributed by atoms with Crippen molar-refractivity contribution >= 4 is 43.1 Å². The Morgan fingerprint density at radius 3 is 0.855 bits per heavy atom. The molecule has 0 nitrogen and oxygen atoms in total. The molecule has 0 N–H and O–H groups in total. The first-order valence-electron chi connectivity index (χ1n) is 19.7. The Morgan fingerprint density at radius 2 is 0.582 bits per heavy atom. The Bertz CT molecular complexity index is 2270. The van der Waals surface area contributed by atoms with Gasteiger partial charge in [0.1, 0.15) is 0 Å². The van der Waals surface area contributed by atoms with Crippen LogP contribution in [0.5, 0.6) is 0 Å². The molecule has 8 rings (SSSR count). The van der Waals surface area contributed by atoms with Crippen molar-refractivity contribution in [3.63, 3.8) is 0 Å². The van der Waals surface area contributed by atoms with Gasteiger partial charge in [0.25, 0.3) is 0 Å². The number of benzene rings is 6. The SMILES string of the molecule is CC(C)(C)c1cc(-c2cc3cc4ccccc4cc3[cH-]2)cc(C(C)(C)C)c1.CC(C)(C)c1cc(-c2cc3cc4ccccc4cc3[cH-]2)cc(C(C)(C)C)c1.[Zr+2]. The van der Waals surface area contributed by atoms with Crippen molar-refractivity contribution in [2.45, 2.75) is 105 Å². The molecule has 0 saturated heterocycles. The summed E-state index contributed by atoms with van der Waals surface area (Å²) in [4.78, 5) is 0. The monoisotopic (exact) mass is 796 g/mol. The number of fused-ring (bicyclic) bond motifs is 4. The molecular weight excluding hydrogens is 740 g/mol. The van der Waals surface area contributed by atoms with E-state index in [0.717, 1.165) is 0 Å². The molecule has 0 heterocycles. The molecule has 0 aromatic heterocycles. The van der Waals surface area contributed by atoms with E-state index in [1.807, 2.05) is 0 Å². The van der Waals surface area contributed by atoms with Crippen LogP contribution in [0, 0.1) is 0 Å². The summed E-state index contributed by atoms with van der Waals surface area (Å²) in [7, 11) is 0. The molecule has 55 heavy (non-hydrogen) atoms. The molecular formula is C54H58Zr. The second-order valence-electron chi connectivity index (χ2n) is 19.7. The van der Waals surface area contributed by atoms with Crippen LogP contribution in [-0.4, -0.2) is 0 Å². The van der Waals surface area contributed by atoms with Crippen molar-refractivity contribution in [1.29, 1.82) is 0 Å². The zero-order valence-corrected chi connectivity index (χ0v) is 37.7. The van der Waals surface area contributed by atoms with Gasteiger partial charge in [0, 0.05) is 0 Å². The Hall–Kier alpha value is -4.06. The van der Waals surface area contributed by atoms with Gasteiger partial charge in [-0.1, -0.05) is 202 Å². The zero-order valence-electron chi connectivity index (χ0n) is 35.2. The van der Waals surface area contributed by atoms with Crippen molar-refractivity contribution in [2.24, 2.45) is 0 Å². The van der Waals surface area contributed by atoms with Gasteiger partial charge in [-0.15, -0.1) is 69.1 Å². The summed E-state index contributed by atoms with van der Waals surface area (Å²) in [6.07, 6.45) is 0. The van der Waals surface area contributed by atoms with Crippen molar-refractivity contribution in [3.05, 3.63) is 156 Å². The first-order chi connectivity index (χ1) is 25.2. The standard InChI is InChI=1S/2C27H29.Zr/c2*1-26(2,3)24-15-23(16-25(17-24)27(4,5)6)22-13-20-11-18-9-7-8-10-19(18)12-21(20)14-22;/h2*7-17H,1-6H3;/q2*-1;+2. The Kier molecular flexibility index (Phi) is 10.9. The minimum Gasteiger partial charge on any atom is -0.145 e. The van der Waals surface area contributed by atoms with Gasteiger partial charge >= 0.3 is 26.2 Å². The van der Waals surface area contributed by atoms with Crippen LogP contribution in [0.4, 0.5) is 0 Å². The predicted molar refractivity (Wildman–Crippen MR) is 240 cm³/mol. The summed E-state index contributed by atoms with van der Waals surface area (Å²) in [6.45, 7) is 27.6. The van der Waals surface area contributed by atoms with Gasteiger partial charge in [0.2, 0.25) is 0 Å². The van der Waals surface area contributed by atoms with Crippen LogP contribution < -0.4 is 0 Å². The third-order valence-electron chi connectivity index (χ3n) is 11.1. The van der Waals surface area contributed by atoms with Crippen LogP contribution in [-0.2, 0) is 47.9 Å². The van der Waals surface area contributed by atoms with Crippen LogP contribution in [0.15, 0.2) is 133 Å². The summed E-state index contributed by atoms with van der Waals surface area (Å²) >= 11 is 0. The second-order valence-corrected chi connectivity index (χ2v) is 19.7. The average molecular weight is 798 g/mol. The third kappa shape index (κ3) is 8.84. The predicted octanol–water partition coefficient (Wildman–Crippen LogP) is 15.9. The third-order valence-corrected chi connectivity index (χ3v) is 11.1. The number of hydrogen-bond acceptors (Lipinski definition) is 0. The first-order valence-corrected chi connectivity index (χ1v) is 19.7. The van der Waals surface area contributed by atoms with Crippen molar-refractivity contribution in [2.75, 3.05) is 0 Å². The van der Waals surface area contributed by atoms with E-state index in [1.54, 1.807) is 0 Å². The zero-order chi connectivity index (χ0) is 38.8. The molecule has 0 unspecified atom stereocenters. The van der Waals surface area contributed by atoms with E-state index in [1.165, 1.54) is 87.6 Å². The van der Waals surface area contributed by atoms with Gasteiger partial charge in [0.05, 0.1) is 0 Å². The molecule has 278 valence electrons. The summed E-state index contributed by atoms with van der Waals surface area (Å²) < 4.78 is 0. The largest absolute Gasteiger partial charge is 2.00 e. The van der Waals surface area contributed by atoms with Gasteiger partial charge in [-0.2, -0.15) is 0 Å². The van der Waals surface area contributed by atoms with E-state index in [-0.39, 0.29) is 47.9 Å². The number of hydrogen-bond donors (Lipinski definition) is 0. The van der Waals surface area contributed by atoms with Gasteiger partial charge in [-0.3, -0.25) is 0 Å². The Morgan fingerprint density at radius 1 is 0.309 bits per heavy atom. The fraction of sp³-hybridized carbons (Fsp3) is 0.296. The fourth-order valence-corrected chi connectivity index (χ4v) is 7.46. The topological polar surface area (TPSA) is 0 Å². The van der Waals surface area contributed by atoms with E-state index in [0.29, 0.717) is 0 Å². The van der Waals surface area contributed by atoms with Crippen LogP contribution in [0.3, 0.4) is 0 Å². The maximum atomic E-state index is 2.39. The van der Waals surface area contributed by atoms with Gasteiger partial charge in [0.15, 0.2) is 0 Å².